The highest BCUT2D eigenvalue weighted by Gasteiger charge is 2.10. The number of carboxylic acids is 1. The van der Waals surface area contributed by atoms with E-state index in [1.54, 1.807) is 18.5 Å². The van der Waals surface area contributed by atoms with Crippen LogP contribution in [-0.4, -0.2) is 26.4 Å². The van der Waals surface area contributed by atoms with Crippen LogP contribution in [0, 0.1) is 0 Å². The molecule has 156 valence electrons. The molecule has 0 aliphatic rings. The monoisotopic (exact) mass is 404 g/mol. The second kappa shape index (κ2) is 11.1. The molecule has 0 saturated heterocycles. The van der Waals surface area contributed by atoms with E-state index in [1.807, 2.05) is 48.7 Å². The standard InChI is InChI=1S/C25H28N2O3/c28-22(14-13-20-9-8-15-26-18-20)10-4-2-1-3-7-16-27-19-21(17-25(29)30)23-11-5-6-12-24(23)27/h5-6,8-9,11-15,18-19H,1-4,7,10,16-17H2,(H,29,30)/b14-13+. The lowest BCUT2D eigenvalue weighted by Gasteiger charge is -2.05. The molecule has 1 aromatic carbocycles. The fourth-order valence-electron chi connectivity index (χ4n) is 3.67. The molecular weight excluding hydrogens is 376 g/mol. The highest BCUT2D eigenvalue weighted by atomic mass is 16.4. The van der Waals surface area contributed by atoms with E-state index in [1.165, 1.54) is 0 Å². The van der Waals surface area contributed by atoms with Gasteiger partial charge in [-0.2, -0.15) is 0 Å². The Morgan fingerprint density at radius 2 is 1.80 bits per heavy atom. The lowest BCUT2D eigenvalue weighted by molar-refractivity contribution is -0.136. The second-order valence-corrected chi connectivity index (χ2v) is 7.54. The third kappa shape index (κ3) is 6.41. The van der Waals surface area contributed by atoms with Gasteiger partial charge in [0.25, 0.3) is 0 Å². The highest BCUT2D eigenvalue weighted by Crippen LogP contribution is 2.22. The maximum atomic E-state index is 11.9. The Hall–Kier alpha value is -3.21. The summed E-state index contributed by atoms with van der Waals surface area (Å²) in [7, 11) is 0. The van der Waals surface area contributed by atoms with Crippen LogP contribution in [0.3, 0.4) is 0 Å². The van der Waals surface area contributed by atoms with Gasteiger partial charge in [0.1, 0.15) is 0 Å². The average molecular weight is 405 g/mol. The van der Waals surface area contributed by atoms with Crippen LogP contribution < -0.4 is 0 Å². The van der Waals surface area contributed by atoms with Gasteiger partial charge >= 0.3 is 5.97 Å². The molecule has 2 heterocycles. The maximum Gasteiger partial charge on any atom is 0.307 e. The zero-order valence-electron chi connectivity index (χ0n) is 17.2. The van der Waals surface area contributed by atoms with Crippen molar-refractivity contribution in [2.24, 2.45) is 0 Å². The van der Waals surface area contributed by atoms with Gasteiger partial charge in [0.2, 0.25) is 0 Å². The number of aromatic nitrogens is 2. The minimum Gasteiger partial charge on any atom is -0.481 e. The van der Waals surface area contributed by atoms with Crippen LogP contribution >= 0.6 is 0 Å². The van der Waals surface area contributed by atoms with E-state index in [-0.39, 0.29) is 12.2 Å². The molecule has 3 rings (SSSR count). The smallest absolute Gasteiger partial charge is 0.307 e. The summed E-state index contributed by atoms with van der Waals surface area (Å²) in [6, 6.07) is 11.8. The fourth-order valence-corrected chi connectivity index (χ4v) is 3.67. The number of carbonyl (C=O) groups excluding carboxylic acids is 1. The van der Waals surface area contributed by atoms with Gasteiger partial charge in [-0.25, -0.2) is 0 Å². The number of unbranched alkanes of at least 4 members (excludes halogenated alkanes) is 4. The van der Waals surface area contributed by atoms with Crippen molar-refractivity contribution in [1.82, 2.24) is 9.55 Å². The van der Waals surface area contributed by atoms with Crippen LogP contribution in [0.2, 0.25) is 0 Å². The summed E-state index contributed by atoms with van der Waals surface area (Å²) in [6.07, 6.45) is 14.7. The largest absolute Gasteiger partial charge is 0.481 e. The Kier molecular flexibility index (Phi) is 7.95. The van der Waals surface area contributed by atoms with Gasteiger partial charge in [0.15, 0.2) is 5.78 Å². The normalized spacial score (nSPS) is 11.3. The Morgan fingerprint density at radius 1 is 1.00 bits per heavy atom. The van der Waals surface area contributed by atoms with Crippen LogP contribution in [0.5, 0.6) is 0 Å². The van der Waals surface area contributed by atoms with Crippen molar-refractivity contribution in [3.8, 4) is 0 Å². The first-order valence-electron chi connectivity index (χ1n) is 10.5. The number of fused-ring (bicyclic) bond motifs is 1. The number of allylic oxidation sites excluding steroid dienone is 1. The Labute approximate surface area is 177 Å². The van der Waals surface area contributed by atoms with Crippen LogP contribution in [-0.2, 0) is 22.6 Å². The molecule has 30 heavy (non-hydrogen) atoms. The van der Waals surface area contributed by atoms with Gasteiger partial charge in [-0.3, -0.25) is 14.6 Å². The summed E-state index contributed by atoms with van der Waals surface area (Å²) in [5, 5.41) is 10.1. The number of carboxylic acid groups (broad SMARTS) is 1. The Bertz CT molecular complexity index is 1010. The number of hydrogen-bond acceptors (Lipinski definition) is 3. The number of nitrogens with zero attached hydrogens (tertiary/aromatic N) is 2. The first kappa shape index (κ1) is 21.5. The summed E-state index contributed by atoms with van der Waals surface area (Å²) in [4.78, 5) is 27.1. The molecule has 0 bridgehead atoms. The Morgan fingerprint density at radius 3 is 2.60 bits per heavy atom. The number of rotatable bonds is 12. The van der Waals surface area contributed by atoms with E-state index in [4.69, 9.17) is 5.11 Å². The zero-order chi connectivity index (χ0) is 21.2. The van der Waals surface area contributed by atoms with E-state index >= 15 is 0 Å². The van der Waals surface area contributed by atoms with Crippen LogP contribution in [0.25, 0.3) is 17.0 Å². The van der Waals surface area contributed by atoms with E-state index < -0.39 is 5.97 Å². The lowest BCUT2D eigenvalue weighted by atomic mass is 10.1. The third-order valence-electron chi connectivity index (χ3n) is 5.18. The van der Waals surface area contributed by atoms with Gasteiger partial charge in [0.05, 0.1) is 6.42 Å². The van der Waals surface area contributed by atoms with Gasteiger partial charge < -0.3 is 9.67 Å². The molecule has 0 unspecified atom stereocenters. The molecule has 0 aliphatic heterocycles. The number of ketones is 1. The first-order chi connectivity index (χ1) is 14.6. The summed E-state index contributed by atoms with van der Waals surface area (Å²) in [5.41, 5.74) is 2.91. The molecule has 0 saturated carbocycles. The number of aliphatic carboxylic acids is 1. The number of para-hydroxylation sites is 1. The van der Waals surface area contributed by atoms with Crippen molar-refractivity contribution >= 4 is 28.7 Å². The van der Waals surface area contributed by atoms with Crippen molar-refractivity contribution in [2.45, 2.75) is 51.5 Å². The SMILES string of the molecule is O=C(O)Cc1cn(CCCCCCCC(=O)/C=C/c2cccnc2)c2ccccc12. The molecule has 0 fully saturated rings. The minimum absolute atomic E-state index is 0.0524. The minimum atomic E-state index is -0.803. The molecule has 0 atom stereocenters. The average Bonchev–Trinajstić information content (AvgIpc) is 3.09. The first-order valence-corrected chi connectivity index (χ1v) is 10.5. The van der Waals surface area contributed by atoms with E-state index in [0.717, 1.165) is 60.7 Å². The second-order valence-electron chi connectivity index (χ2n) is 7.54. The predicted molar refractivity (Wildman–Crippen MR) is 119 cm³/mol. The summed E-state index contributed by atoms with van der Waals surface area (Å²) < 4.78 is 2.17. The third-order valence-corrected chi connectivity index (χ3v) is 5.18. The van der Waals surface area contributed by atoms with Crippen molar-refractivity contribution < 1.29 is 14.7 Å². The molecule has 0 spiro atoms. The van der Waals surface area contributed by atoms with Crippen molar-refractivity contribution in [2.75, 3.05) is 0 Å². The molecule has 0 amide bonds. The van der Waals surface area contributed by atoms with E-state index in [0.29, 0.717) is 6.42 Å². The molecule has 5 nitrogen and oxygen atoms in total. The van der Waals surface area contributed by atoms with E-state index in [2.05, 4.69) is 9.55 Å². The van der Waals surface area contributed by atoms with E-state index in [9.17, 15) is 9.59 Å². The lowest BCUT2D eigenvalue weighted by Crippen LogP contribution is -1.99. The summed E-state index contributed by atoms with van der Waals surface area (Å²) in [6.45, 7) is 0.882. The Balaban J connectivity index is 1.36. The van der Waals surface area contributed by atoms with Crippen LogP contribution in [0.4, 0.5) is 0 Å². The summed E-state index contributed by atoms with van der Waals surface area (Å²) >= 11 is 0. The van der Waals surface area contributed by atoms with Gasteiger partial charge in [0, 0.05) is 42.5 Å². The maximum absolute atomic E-state index is 11.9. The molecular formula is C25H28N2O3. The number of hydrogen-bond donors (Lipinski definition) is 1. The molecule has 3 aromatic rings. The molecule has 1 N–H and O–H groups in total. The predicted octanol–water partition coefficient (Wildman–Crippen LogP) is 5.29. The molecule has 0 radical (unpaired) electrons. The zero-order valence-corrected chi connectivity index (χ0v) is 17.2. The van der Waals surface area contributed by atoms with Crippen LogP contribution in [0.15, 0.2) is 61.1 Å². The van der Waals surface area contributed by atoms with Gasteiger partial charge in [-0.1, -0.05) is 43.5 Å². The topological polar surface area (TPSA) is 72.2 Å². The highest BCUT2D eigenvalue weighted by molar-refractivity contribution is 5.93. The van der Waals surface area contributed by atoms with Crippen molar-refractivity contribution in [3.63, 3.8) is 0 Å². The van der Waals surface area contributed by atoms with Crippen molar-refractivity contribution in [1.29, 1.82) is 0 Å². The molecule has 5 heteroatoms. The summed E-state index contributed by atoms with van der Waals surface area (Å²) in [5.74, 6) is -0.647. The van der Waals surface area contributed by atoms with Crippen LogP contribution in [0.1, 0.15) is 49.7 Å². The quantitative estimate of drug-likeness (QED) is 0.329. The number of pyridine rings is 1. The molecule has 0 aliphatic carbocycles. The number of aryl methyl sites for hydroxylation is 1. The van der Waals surface area contributed by atoms with Crippen molar-refractivity contribution in [3.05, 3.63) is 72.2 Å². The van der Waals surface area contributed by atoms with Gasteiger partial charge in [-0.05, 0) is 48.3 Å². The fraction of sp³-hybridized carbons (Fsp3) is 0.320. The van der Waals surface area contributed by atoms with Gasteiger partial charge in [-0.15, -0.1) is 0 Å². The number of carbonyl (C=O) groups is 2. The number of benzene rings is 1. The molecule has 2 aromatic heterocycles.